The van der Waals surface area contributed by atoms with Crippen LogP contribution < -0.4 is 5.32 Å². The predicted molar refractivity (Wildman–Crippen MR) is 81.1 cm³/mol. The molecule has 0 aromatic heterocycles. The lowest BCUT2D eigenvalue weighted by atomic mass is 9.74. The molecule has 2 rings (SSSR count). The van der Waals surface area contributed by atoms with Gasteiger partial charge in [-0.25, -0.2) is 4.79 Å². The molecule has 0 bridgehead atoms. The van der Waals surface area contributed by atoms with Gasteiger partial charge in [-0.3, -0.25) is 4.79 Å². The topological polar surface area (TPSA) is 69.6 Å². The molecule has 1 saturated carbocycles. The van der Waals surface area contributed by atoms with Gasteiger partial charge in [-0.15, -0.1) is 0 Å². The van der Waals surface area contributed by atoms with E-state index in [1.165, 1.54) is 5.57 Å². The molecule has 1 aliphatic carbocycles. The number of nitrogens with zero attached hydrogens (tertiary/aromatic N) is 1. The molecule has 0 atom stereocenters. The second-order valence-electron chi connectivity index (χ2n) is 7.31. The van der Waals surface area contributed by atoms with Crippen molar-refractivity contribution in [3.8, 4) is 0 Å². The quantitative estimate of drug-likeness (QED) is 0.786. The second-order valence-corrected chi connectivity index (χ2v) is 7.31. The fraction of sp³-hybridized carbons (Fsp3) is 0.750. The molecule has 0 radical (unpaired) electrons. The largest absolute Gasteiger partial charge is 0.481 e. The molecule has 0 aromatic carbocycles. The number of urea groups is 1. The zero-order valence-corrected chi connectivity index (χ0v) is 13.2. The molecule has 1 aliphatic heterocycles. The lowest BCUT2D eigenvalue weighted by molar-refractivity contribution is -0.139. The Balaban J connectivity index is 1.93. The number of carboxylic acids is 1. The SMILES string of the molecule is CC(C)(C)C1=CCN(C(=O)NC2(CC(=O)O)CCC2)CC1. The van der Waals surface area contributed by atoms with Crippen molar-refractivity contribution in [1.82, 2.24) is 10.2 Å². The first-order chi connectivity index (χ1) is 9.72. The minimum Gasteiger partial charge on any atom is -0.481 e. The number of carboxylic acid groups (broad SMARTS) is 1. The summed E-state index contributed by atoms with van der Waals surface area (Å²) in [6, 6.07) is -0.125. The average Bonchev–Trinajstić information content (AvgIpc) is 2.34. The third-order valence-corrected chi connectivity index (χ3v) is 4.63. The fourth-order valence-electron chi connectivity index (χ4n) is 3.08. The van der Waals surface area contributed by atoms with E-state index in [-0.39, 0.29) is 17.9 Å². The van der Waals surface area contributed by atoms with Gasteiger partial charge in [0.05, 0.1) is 12.0 Å². The molecule has 1 heterocycles. The highest BCUT2D eigenvalue weighted by atomic mass is 16.4. The van der Waals surface area contributed by atoms with Crippen molar-refractivity contribution < 1.29 is 14.7 Å². The zero-order valence-electron chi connectivity index (χ0n) is 13.2. The summed E-state index contributed by atoms with van der Waals surface area (Å²) in [4.78, 5) is 25.1. The van der Waals surface area contributed by atoms with Gasteiger partial charge in [-0.1, -0.05) is 32.4 Å². The van der Waals surface area contributed by atoms with Gasteiger partial charge in [-0.05, 0) is 31.1 Å². The predicted octanol–water partition coefficient (Wildman–Crippen LogP) is 2.77. The number of nitrogens with one attached hydrogen (secondary N) is 1. The minimum atomic E-state index is -0.844. The van der Waals surface area contributed by atoms with Crippen molar-refractivity contribution in [2.24, 2.45) is 5.41 Å². The van der Waals surface area contributed by atoms with Crippen LogP contribution in [-0.2, 0) is 4.79 Å². The van der Waals surface area contributed by atoms with E-state index in [1.54, 1.807) is 4.90 Å². The van der Waals surface area contributed by atoms with Crippen molar-refractivity contribution in [3.63, 3.8) is 0 Å². The molecule has 21 heavy (non-hydrogen) atoms. The highest BCUT2D eigenvalue weighted by Gasteiger charge is 2.41. The summed E-state index contributed by atoms with van der Waals surface area (Å²) < 4.78 is 0. The molecule has 0 saturated heterocycles. The van der Waals surface area contributed by atoms with Crippen molar-refractivity contribution in [1.29, 1.82) is 0 Å². The van der Waals surface area contributed by atoms with Crippen LogP contribution in [0.3, 0.4) is 0 Å². The van der Waals surface area contributed by atoms with E-state index in [2.05, 4.69) is 32.2 Å². The van der Waals surface area contributed by atoms with Gasteiger partial charge < -0.3 is 15.3 Å². The number of aliphatic carboxylic acids is 1. The van der Waals surface area contributed by atoms with Crippen LogP contribution in [0, 0.1) is 5.41 Å². The number of hydrogen-bond acceptors (Lipinski definition) is 2. The van der Waals surface area contributed by atoms with E-state index in [1.807, 2.05) is 0 Å². The number of carbonyl (C=O) groups is 2. The molecule has 0 spiro atoms. The van der Waals surface area contributed by atoms with Crippen LogP contribution in [0.2, 0.25) is 0 Å². The first-order valence-corrected chi connectivity index (χ1v) is 7.70. The molecule has 0 unspecified atom stereocenters. The van der Waals surface area contributed by atoms with Crippen molar-refractivity contribution in [3.05, 3.63) is 11.6 Å². The number of carbonyl (C=O) groups excluding carboxylic acids is 1. The highest BCUT2D eigenvalue weighted by Crippen LogP contribution is 2.35. The van der Waals surface area contributed by atoms with E-state index in [0.29, 0.717) is 13.1 Å². The van der Waals surface area contributed by atoms with Gasteiger partial charge in [0.1, 0.15) is 0 Å². The third kappa shape index (κ3) is 3.77. The molecule has 2 N–H and O–H groups in total. The smallest absolute Gasteiger partial charge is 0.318 e. The van der Waals surface area contributed by atoms with Crippen molar-refractivity contribution >= 4 is 12.0 Å². The number of amides is 2. The fourth-order valence-corrected chi connectivity index (χ4v) is 3.08. The van der Waals surface area contributed by atoms with Crippen LogP contribution in [-0.4, -0.2) is 40.6 Å². The summed E-state index contributed by atoms with van der Waals surface area (Å²) in [5.74, 6) is -0.844. The summed E-state index contributed by atoms with van der Waals surface area (Å²) in [7, 11) is 0. The van der Waals surface area contributed by atoms with E-state index >= 15 is 0 Å². The highest BCUT2D eigenvalue weighted by molar-refractivity contribution is 5.77. The van der Waals surface area contributed by atoms with E-state index in [9.17, 15) is 9.59 Å². The normalized spacial score (nSPS) is 21.3. The molecule has 5 heteroatoms. The van der Waals surface area contributed by atoms with Gasteiger partial charge in [0.2, 0.25) is 0 Å². The Morgan fingerprint density at radius 1 is 1.38 bits per heavy atom. The van der Waals surface area contributed by atoms with Gasteiger partial charge >= 0.3 is 12.0 Å². The van der Waals surface area contributed by atoms with Crippen LogP contribution in [0.4, 0.5) is 4.79 Å². The molecular formula is C16H26N2O3. The Kier molecular flexibility index (Phi) is 4.30. The van der Waals surface area contributed by atoms with Crippen molar-refractivity contribution in [2.45, 2.75) is 58.4 Å². The van der Waals surface area contributed by atoms with Gasteiger partial charge in [-0.2, -0.15) is 0 Å². The van der Waals surface area contributed by atoms with Crippen LogP contribution in [0.1, 0.15) is 52.9 Å². The molecular weight excluding hydrogens is 268 g/mol. The van der Waals surface area contributed by atoms with Crippen LogP contribution in [0.5, 0.6) is 0 Å². The van der Waals surface area contributed by atoms with Gasteiger partial charge in [0.25, 0.3) is 0 Å². The lowest BCUT2D eigenvalue weighted by Crippen LogP contribution is -2.58. The minimum absolute atomic E-state index is 0.0235. The first-order valence-electron chi connectivity index (χ1n) is 7.70. The third-order valence-electron chi connectivity index (χ3n) is 4.63. The van der Waals surface area contributed by atoms with E-state index < -0.39 is 11.5 Å². The Labute approximate surface area is 126 Å². The van der Waals surface area contributed by atoms with Crippen molar-refractivity contribution in [2.75, 3.05) is 13.1 Å². The average molecular weight is 294 g/mol. The summed E-state index contributed by atoms with van der Waals surface area (Å²) in [6.45, 7) is 7.88. The van der Waals surface area contributed by atoms with Crippen LogP contribution in [0.25, 0.3) is 0 Å². The first kappa shape index (κ1) is 15.9. The summed E-state index contributed by atoms with van der Waals surface area (Å²) in [6.07, 6.45) is 5.57. The maximum Gasteiger partial charge on any atom is 0.318 e. The second kappa shape index (κ2) is 5.70. The Bertz CT molecular complexity index is 459. The molecule has 2 amide bonds. The monoisotopic (exact) mass is 294 g/mol. The van der Waals surface area contributed by atoms with E-state index in [4.69, 9.17) is 5.11 Å². The van der Waals surface area contributed by atoms with Gasteiger partial charge in [0.15, 0.2) is 0 Å². The Hall–Kier alpha value is -1.52. The van der Waals surface area contributed by atoms with Crippen LogP contribution in [0.15, 0.2) is 11.6 Å². The zero-order chi connectivity index (χ0) is 15.7. The molecule has 2 aliphatic rings. The molecule has 118 valence electrons. The number of rotatable bonds is 3. The Morgan fingerprint density at radius 3 is 2.43 bits per heavy atom. The number of hydrogen-bond donors (Lipinski definition) is 2. The van der Waals surface area contributed by atoms with E-state index in [0.717, 1.165) is 25.7 Å². The molecule has 0 aromatic rings. The Morgan fingerprint density at radius 2 is 2.05 bits per heavy atom. The summed E-state index contributed by atoms with van der Waals surface area (Å²) in [5, 5.41) is 11.9. The molecule has 1 fully saturated rings. The maximum atomic E-state index is 12.3. The lowest BCUT2D eigenvalue weighted by Gasteiger charge is -2.43. The maximum absolute atomic E-state index is 12.3. The molecule has 5 nitrogen and oxygen atoms in total. The standard InChI is InChI=1S/C16H26N2O3/c1-15(2,3)12-5-9-18(10-6-12)14(21)17-16(7-4-8-16)11-13(19)20/h5H,4,6-11H2,1-3H3,(H,17,21)(H,19,20). The van der Waals surface area contributed by atoms with Gasteiger partial charge in [0, 0.05) is 13.1 Å². The van der Waals surface area contributed by atoms with Crippen LogP contribution >= 0.6 is 0 Å². The summed E-state index contributed by atoms with van der Waals surface area (Å²) in [5.41, 5.74) is 1.02. The summed E-state index contributed by atoms with van der Waals surface area (Å²) >= 11 is 0.